The summed E-state index contributed by atoms with van der Waals surface area (Å²) in [5.41, 5.74) is 3.11. The zero-order valence-corrected chi connectivity index (χ0v) is 16.0. The lowest BCUT2D eigenvalue weighted by atomic mass is 10.1. The summed E-state index contributed by atoms with van der Waals surface area (Å²) in [7, 11) is 0. The molecular weight excluding hydrogens is 364 g/mol. The first-order chi connectivity index (χ1) is 12.8. The van der Waals surface area contributed by atoms with Gasteiger partial charge in [0.15, 0.2) is 5.16 Å². The fourth-order valence-electron chi connectivity index (χ4n) is 2.54. The lowest BCUT2D eigenvalue weighted by Crippen LogP contribution is -2.01. The Kier molecular flexibility index (Phi) is 5.17. The zero-order chi connectivity index (χ0) is 17.8. The molecule has 4 rings (SSSR count). The highest BCUT2D eigenvalue weighted by molar-refractivity contribution is 7.98. The minimum Gasteiger partial charge on any atom is -0.444 e. The molecule has 26 heavy (non-hydrogen) atoms. The molecule has 0 unspecified atom stereocenters. The molecule has 0 aliphatic carbocycles. The molecule has 0 aliphatic heterocycles. The van der Waals surface area contributed by atoms with Crippen molar-refractivity contribution in [3.05, 3.63) is 70.5 Å². The maximum Gasteiger partial charge on any atom is 0.226 e. The molecule has 0 saturated carbocycles. The average molecular weight is 383 g/mol. The van der Waals surface area contributed by atoms with Crippen molar-refractivity contribution >= 4 is 23.1 Å². The van der Waals surface area contributed by atoms with Gasteiger partial charge in [0.2, 0.25) is 5.89 Å². The summed E-state index contributed by atoms with van der Waals surface area (Å²) in [4.78, 5) is 5.95. The lowest BCUT2D eigenvalue weighted by molar-refractivity contribution is 0.573. The number of oxazole rings is 1. The maximum atomic E-state index is 5.62. The molecule has 0 atom stereocenters. The molecule has 0 fully saturated rings. The Morgan fingerprint density at radius 1 is 1.19 bits per heavy atom. The highest BCUT2D eigenvalue weighted by Gasteiger charge is 2.10. The summed E-state index contributed by atoms with van der Waals surface area (Å²) in [5, 5.41) is 11.3. The summed E-state index contributed by atoms with van der Waals surface area (Å²) >= 11 is 3.40. The minimum absolute atomic E-state index is 0.653. The third-order valence-corrected chi connectivity index (χ3v) is 5.91. The fourth-order valence-corrected chi connectivity index (χ4v) is 4.05. The van der Waals surface area contributed by atoms with Crippen LogP contribution < -0.4 is 0 Å². The molecule has 3 aromatic heterocycles. The van der Waals surface area contributed by atoms with Crippen LogP contribution in [0.3, 0.4) is 0 Å². The Morgan fingerprint density at radius 2 is 2.08 bits per heavy atom. The van der Waals surface area contributed by atoms with Gasteiger partial charge in [-0.25, -0.2) is 4.98 Å². The van der Waals surface area contributed by atoms with Crippen LogP contribution in [0.25, 0.3) is 11.5 Å². The maximum absolute atomic E-state index is 5.62. The van der Waals surface area contributed by atoms with E-state index in [1.165, 1.54) is 10.4 Å². The smallest absolute Gasteiger partial charge is 0.226 e. The van der Waals surface area contributed by atoms with Crippen LogP contribution in [-0.4, -0.2) is 19.7 Å². The SMILES string of the molecule is Cc1ccc(-c2nc(CSc3nncn3CCc3cccs3)co2)cc1. The molecule has 0 saturated heterocycles. The van der Waals surface area contributed by atoms with Gasteiger partial charge >= 0.3 is 0 Å². The van der Waals surface area contributed by atoms with E-state index < -0.39 is 0 Å². The molecule has 3 heterocycles. The zero-order valence-electron chi connectivity index (χ0n) is 14.3. The van der Waals surface area contributed by atoms with Crippen LogP contribution in [0.5, 0.6) is 0 Å². The van der Waals surface area contributed by atoms with Crippen molar-refractivity contribution in [3.63, 3.8) is 0 Å². The van der Waals surface area contributed by atoms with Gasteiger partial charge in [0.05, 0.1) is 5.69 Å². The van der Waals surface area contributed by atoms with Crippen molar-refractivity contribution < 1.29 is 4.42 Å². The number of thiophene rings is 1. The van der Waals surface area contributed by atoms with Crippen LogP contribution in [0.4, 0.5) is 0 Å². The normalized spacial score (nSPS) is 11.1. The van der Waals surface area contributed by atoms with Gasteiger partial charge in [-0.1, -0.05) is 35.5 Å². The second-order valence-corrected chi connectivity index (χ2v) is 7.91. The van der Waals surface area contributed by atoms with E-state index in [1.54, 1.807) is 35.7 Å². The number of aryl methyl sites for hydroxylation is 3. The summed E-state index contributed by atoms with van der Waals surface area (Å²) < 4.78 is 7.71. The van der Waals surface area contributed by atoms with E-state index in [4.69, 9.17) is 4.42 Å². The molecule has 7 heteroatoms. The average Bonchev–Trinajstić information content (AvgIpc) is 3.40. The number of hydrogen-bond donors (Lipinski definition) is 0. The first kappa shape index (κ1) is 17.1. The van der Waals surface area contributed by atoms with Gasteiger partial charge in [0, 0.05) is 22.7 Å². The molecule has 132 valence electrons. The van der Waals surface area contributed by atoms with Crippen molar-refractivity contribution in [1.82, 2.24) is 19.7 Å². The lowest BCUT2D eigenvalue weighted by Gasteiger charge is -2.04. The number of benzene rings is 1. The van der Waals surface area contributed by atoms with Crippen molar-refractivity contribution in [1.29, 1.82) is 0 Å². The molecule has 0 radical (unpaired) electrons. The van der Waals surface area contributed by atoms with Crippen LogP contribution in [0.15, 0.2) is 63.9 Å². The number of rotatable bonds is 7. The van der Waals surface area contributed by atoms with Gasteiger partial charge < -0.3 is 8.98 Å². The van der Waals surface area contributed by atoms with E-state index in [0.717, 1.165) is 29.4 Å². The van der Waals surface area contributed by atoms with Gasteiger partial charge in [-0.2, -0.15) is 0 Å². The topological polar surface area (TPSA) is 56.7 Å². The molecule has 0 N–H and O–H groups in total. The van der Waals surface area contributed by atoms with E-state index >= 15 is 0 Å². The quantitative estimate of drug-likeness (QED) is 0.428. The molecule has 4 aromatic rings. The highest BCUT2D eigenvalue weighted by atomic mass is 32.2. The Bertz CT molecular complexity index is 958. The highest BCUT2D eigenvalue weighted by Crippen LogP contribution is 2.24. The molecule has 1 aromatic carbocycles. The van der Waals surface area contributed by atoms with Crippen LogP contribution >= 0.6 is 23.1 Å². The van der Waals surface area contributed by atoms with Crippen LogP contribution in [0.1, 0.15) is 16.1 Å². The van der Waals surface area contributed by atoms with E-state index in [9.17, 15) is 0 Å². The summed E-state index contributed by atoms with van der Waals surface area (Å²) in [6.45, 7) is 2.94. The van der Waals surface area contributed by atoms with E-state index in [2.05, 4.69) is 56.3 Å². The standard InChI is InChI=1S/C19H18N4OS2/c1-14-4-6-15(7-5-14)18-21-16(11-24-18)12-26-19-22-20-13-23(19)9-8-17-3-2-10-25-17/h2-7,10-11,13H,8-9,12H2,1H3. The Hall–Kier alpha value is -2.38. The number of thioether (sulfide) groups is 1. The first-order valence-electron chi connectivity index (χ1n) is 8.32. The van der Waals surface area contributed by atoms with Gasteiger partial charge in [0.1, 0.15) is 12.6 Å². The fraction of sp³-hybridized carbons (Fsp3) is 0.211. The van der Waals surface area contributed by atoms with E-state index in [-0.39, 0.29) is 0 Å². The number of nitrogens with zero attached hydrogens (tertiary/aromatic N) is 4. The molecule has 0 aliphatic rings. The number of aromatic nitrogens is 4. The predicted octanol–water partition coefficient (Wildman–Crippen LogP) is 4.84. The summed E-state index contributed by atoms with van der Waals surface area (Å²) in [5.74, 6) is 1.35. The van der Waals surface area contributed by atoms with Crippen LogP contribution in [-0.2, 0) is 18.7 Å². The molecule has 5 nitrogen and oxygen atoms in total. The first-order valence-corrected chi connectivity index (χ1v) is 10.2. The second-order valence-electron chi connectivity index (χ2n) is 5.93. The second kappa shape index (κ2) is 7.88. The predicted molar refractivity (Wildman–Crippen MR) is 104 cm³/mol. The molecule has 0 spiro atoms. The minimum atomic E-state index is 0.653. The molecular formula is C19H18N4OS2. The Morgan fingerprint density at radius 3 is 2.88 bits per heavy atom. The Labute approximate surface area is 160 Å². The summed E-state index contributed by atoms with van der Waals surface area (Å²) in [6, 6.07) is 12.4. The van der Waals surface area contributed by atoms with Crippen molar-refractivity contribution in [2.45, 2.75) is 30.8 Å². The third-order valence-electron chi connectivity index (χ3n) is 3.96. The van der Waals surface area contributed by atoms with Crippen molar-refractivity contribution in [2.24, 2.45) is 0 Å². The van der Waals surface area contributed by atoms with Gasteiger partial charge in [-0.3, -0.25) is 0 Å². The van der Waals surface area contributed by atoms with Crippen molar-refractivity contribution in [2.75, 3.05) is 0 Å². The van der Waals surface area contributed by atoms with E-state index in [0.29, 0.717) is 11.6 Å². The molecule has 0 amide bonds. The monoisotopic (exact) mass is 382 g/mol. The number of hydrogen-bond acceptors (Lipinski definition) is 6. The van der Waals surface area contributed by atoms with Crippen LogP contribution in [0, 0.1) is 6.92 Å². The molecule has 0 bridgehead atoms. The van der Waals surface area contributed by atoms with Crippen LogP contribution in [0.2, 0.25) is 0 Å². The van der Waals surface area contributed by atoms with E-state index in [1.807, 2.05) is 12.1 Å². The van der Waals surface area contributed by atoms with Gasteiger partial charge in [-0.05, 0) is 36.9 Å². The van der Waals surface area contributed by atoms with Gasteiger partial charge in [0.25, 0.3) is 0 Å². The van der Waals surface area contributed by atoms with Gasteiger partial charge in [-0.15, -0.1) is 21.5 Å². The third kappa shape index (κ3) is 4.05. The Balaban J connectivity index is 1.37. The van der Waals surface area contributed by atoms with Crippen molar-refractivity contribution in [3.8, 4) is 11.5 Å². The summed E-state index contributed by atoms with van der Waals surface area (Å²) in [6.07, 6.45) is 4.50. The largest absolute Gasteiger partial charge is 0.444 e.